The Morgan fingerprint density at radius 2 is 1.93 bits per heavy atom. The van der Waals surface area contributed by atoms with Gasteiger partial charge in [0, 0.05) is 57.1 Å². The molecule has 0 bridgehead atoms. The highest BCUT2D eigenvalue weighted by molar-refractivity contribution is 5.92. The molecule has 0 spiro atoms. The number of nitrogens with zero attached hydrogens (tertiary/aromatic N) is 4. The fourth-order valence-corrected chi connectivity index (χ4v) is 3.54. The summed E-state index contributed by atoms with van der Waals surface area (Å²) in [6.07, 6.45) is 3.85. The first-order valence-electron chi connectivity index (χ1n) is 9.99. The number of nitrogens with one attached hydrogen (secondary N) is 1. The van der Waals surface area contributed by atoms with Crippen LogP contribution in [-0.4, -0.2) is 64.9 Å². The van der Waals surface area contributed by atoms with Gasteiger partial charge < -0.3 is 19.2 Å². The number of carbonyl (C=O) groups is 1. The summed E-state index contributed by atoms with van der Waals surface area (Å²) in [6.45, 7) is 11.2. The van der Waals surface area contributed by atoms with E-state index in [1.165, 1.54) is 6.20 Å². The third kappa shape index (κ3) is 4.27. The van der Waals surface area contributed by atoms with Crippen LogP contribution in [0.4, 0.5) is 5.82 Å². The highest BCUT2D eigenvalue weighted by atomic mass is 16.4. The molecule has 152 valence electrons. The second-order valence-electron chi connectivity index (χ2n) is 6.90. The number of H-pyrrole nitrogens is 1. The van der Waals surface area contributed by atoms with Gasteiger partial charge in [-0.3, -0.25) is 14.5 Å². The zero-order valence-electron chi connectivity index (χ0n) is 16.9. The number of hydrogen-bond acceptors (Lipinski definition) is 6. The quantitative estimate of drug-likeness (QED) is 0.779. The molecule has 1 aliphatic heterocycles. The van der Waals surface area contributed by atoms with E-state index < -0.39 is 0 Å². The third-order valence-corrected chi connectivity index (χ3v) is 5.27. The number of aryl methyl sites for hydroxylation is 1. The largest absolute Gasteiger partial charge is 0.456 e. The molecule has 0 atom stereocenters. The second kappa shape index (κ2) is 9.05. The monoisotopic (exact) mass is 387 g/mol. The SMILES string of the molecule is CCc1oc(C(=O)N2CCN(c3ncc[nH]c3=O)CC2)cc1CN(CC)CC. The van der Waals surface area contributed by atoms with Crippen LogP contribution >= 0.6 is 0 Å². The molecule has 1 aliphatic rings. The van der Waals surface area contributed by atoms with Crippen LogP contribution in [0.3, 0.4) is 0 Å². The zero-order valence-corrected chi connectivity index (χ0v) is 16.9. The maximum absolute atomic E-state index is 12.9. The fourth-order valence-electron chi connectivity index (χ4n) is 3.54. The van der Waals surface area contributed by atoms with Gasteiger partial charge in [-0.1, -0.05) is 20.8 Å². The lowest BCUT2D eigenvalue weighted by molar-refractivity contribution is 0.0712. The molecule has 8 heteroatoms. The molecule has 3 heterocycles. The van der Waals surface area contributed by atoms with Crippen LogP contribution in [0, 0.1) is 0 Å². The molecule has 2 aromatic rings. The summed E-state index contributed by atoms with van der Waals surface area (Å²) in [5, 5.41) is 0. The predicted octanol–water partition coefficient (Wildman–Crippen LogP) is 1.73. The van der Waals surface area contributed by atoms with Crippen molar-refractivity contribution in [1.29, 1.82) is 0 Å². The standard InChI is InChI=1S/C20H29N5O3/c1-4-16-15(14-23(5-2)6-3)13-17(28-16)20(27)25-11-9-24(10-12-25)18-19(26)22-8-7-21-18/h7-8,13H,4-6,9-12,14H2,1-3H3,(H,22,26). The number of aromatic amines is 1. The normalized spacial score (nSPS) is 14.7. The minimum absolute atomic E-state index is 0.0879. The minimum atomic E-state index is -0.207. The van der Waals surface area contributed by atoms with Crippen molar-refractivity contribution in [1.82, 2.24) is 19.8 Å². The van der Waals surface area contributed by atoms with Gasteiger partial charge in [0.25, 0.3) is 11.5 Å². The van der Waals surface area contributed by atoms with Gasteiger partial charge in [-0.05, 0) is 19.2 Å². The molecule has 0 unspecified atom stereocenters. The molecule has 0 radical (unpaired) electrons. The lowest BCUT2D eigenvalue weighted by Gasteiger charge is -2.34. The number of piperazine rings is 1. The zero-order chi connectivity index (χ0) is 20.1. The summed E-state index contributed by atoms with van der Waals surface area (Å²) in [7, 11) is 0. The van der Waals surface area contributed by atoms with Gasteiger partial charge in [-0.25, -0.2) is 4.98 Å². The first-order chi connectivity index (χ1) is 13.6. The summed E-state index contributed by atoms with van der Waals surface area (Å²) < 4.78 is 5.90. The molecule has 0 aromatic carbocycles. The van der Waals surface area contributed by atoms with E-state index in [0.717, 1.165) is 37.4 Å². The molecule has 1 N–H and O–H groups in total. The van der Waals surface area contributed by atoms with Crippen molar-refractivity contribution in [3.05, 3.63) is 45.9 Å². The molecular formula is C20H29N5O3. The van der Waals surface area contributed by atoms with E-state index in [2.05, 4.69) is 28.7 Å². The van der Waals surface area contributed by atoms with E-state index in [1.54, 1.807) is 11.1 Å². The van der Waals surface area contributed by atoms with Crippen molar-refractivity contribution < 1.29 is 9.21 Å². The summed E-state index contributed by atoms with van der Waals surface area (Å²) in [6, 6.07) is 1.90. The summed E-state index contributed by atoms with van der Waals surface area (Å²) in [5.41, 5.74) is 0.884. The van der Waals surface area contributed by atoms with Crippen LogP contribution in [-0.2, 0) is 13.0 Å². The van der Waals surface area contributed by atoms with Gasteiger partial charge in [0.2, 0.25) is 0 Å². The van der Waals surface area contributed by atoms with Gasteiger partial charge in [0.05, 0.1) is 0 Å². The topological polar surface area (TPSA) is 85.7 Å². The first kappa shape index (κ1) is 20.1. The summed E-state index contributed by atoms with van der Waals surface area (Å²) in [4.78, 5) is 37.6. The van der Waals surface area contributed by atoms with Gasteiger partial charge in [-0.2, -0.15) is 0 Å². The van der Waals surface area contributed by atoms with Crippen molar-refractivity contribution in [3.8, 4) is 0 Å². The predicted molar refractivity (Wildman–Crippen MR) is 108 cm³/mol. The van der Waals surface area contributed by atoms with E-state index in [4.69, 9.17) is 4.42 Å². The van der Waals surface area contributed by atoms with Gasteiger partial charge in [-0.15, -0.1) is 0 Å². The lowest BCUT2D eigenvalue weighted by atomic mass is 10.2. The van der Waals surface area contributed by atoms with Crippen LogP contribution in [0.2, 0.25) is 0 Å². The number of aromatic nitrogens is 2. The Bertz CT molecular complexity index is 848. The Labute approximate surface area is 165 Å². The number of hydrogen-bond donors (Lipinski definition) is 1. The fraction of sp³-hybridized carbons (Fsp3) is 0.550. The Morgan fingerprint density at radius 1 is 1.21 bits per heavy atom. The first-order valence-corrected chi connectivity index (χ1v) is 9.99. The van der Waals surface area contributed by atoms with Crippen LogP contribution in [0.15, 0.2) is 27.7 Å². The van der Waals surface area contributed by atoms with Crippen molar-refractivity contribution in [2.45, 2.75) is 33.7 Å². The Balaban J connectivity index is 1.67. The molecule has 2 aromatic heterocycles. The van der Waals surface area contributed by atoms with Crippen LogP contribution < -0.4 is 10.5 Å². The number of rotatable bonds is 7. The lowest BCUT2D eigenvalue weighted by Crippen LogP contribution is -2.50. The molecule has 1 saturated heterocycles. The molecule has 1 amide bonds. The second-order valence-corrected chi connectivity index (χ2v) is 6.90. The van der Waals surface area contributed by atoms with E-state index in [-0.39, 0.29) is 11.5 Å². The average molecular weight is 387 g/mol. The van der Waals surface area contributed by atoms with Gasteiger partial charge >= 0.3 is 0 Å². The summed E-state index contributed by atoms with van der Waals surface area (Å²) >= 11 is 0. The third-order valence-electron chi connectivity index (χ3n) is 5.27. The molecule has 8 nitrogen and oxygen atoms in total. The highest BCUT2D eigenvalue weighted by Crippen LogP contribution is 2.21. The molecule has 28 heavy (non-hydrogen) atoms. The van der Waals surface area contributed by atoms with E-state index in [0.29, 0.717) is 37.8 Å². The number of amides is 1. The maximum Gasteiger partial charge on any atom is 0.290 e. The number of anilines is 1. The van der Waals surface area contributed by atoms with Crippen molar-refractivity contribution in [2.75, 3.05) is 44.2 Å². The van der Waals surface area contributed by atoms with E-state index >= 15 is 0 Å². The Morgan fingerprint density at radius 3 is 2.54 bits per heavy atom. The molecule has 3 rings (SSSR count). The molecule has 1 fully saturated rings. The van der Waals surface area contributed by atoms with E-state index in [1.807, 2.05) is 17.9 Å². The average Bonchev–Trinajstić information content (AvgIpc) is 3.15. The van der Waals surface area contributed by atoms with Crippen molar-refractivity contribution in [3.63, 3.8) is 0 Å². The van der Waals surface area contributed by atoms with Crippen LogP contribution in [0.1, 0.15) is 42.6 Å². The molecule has 0 saturated carbocycles. The molecule has 0 aliphatic carbocycles. The van der Waals surface area contributed by atoms with Gasteiger partial charge in [0.15, 0.2) is 11.6 Å². The Kier molecular flexibility index (Phi) is 6.51. The highest BCUT2D eigenvalue weighted by Gasteiger charge is 2.27. The Hall–Kier alpha value is -2.61. The van der Waals surface area contributed by atoms with Crippen LogP contribution in [0.5, 0.6) is 0 Å². The summed E-state index contributed by atoms with van der Waals surface area (Å²) in [5.74, 6) is 1.61. The molecular weight excluding hydrogens is 358 g/mol. The number of carbonyl (C=O) groups excluding carboxylic acids is 1. The van der Waals surface area contributed by atoms with E-state index in [9.17, 15) is 9.59 Å². The van der Waals surface area contributed by atoms with Crippen molar-refractivity contribution >= 4 is 11.7 Å². The minimum Gasteiger partial charge on any atom is -0.456 e. The van der Waals surface area contributed by atoms with Gasteiger partial charge in [0.1, 0.15) is 5.76 Å². The van der Waals surface area contributed by atoms with Crippen LogP contribution in [0.25, 0.3) is 0 Å². The smallest absolute Gasteiger partial charge is 0.290 e. The maximum atomic E-state index is 12.9. The van der Waals surface area contributed by atoms with Crippen molar-refractivity contribution in [2.24, 2.45) is 0 Å². The number of furan rings is 1.